The van der Waals surface area contributed by atoms with Gasteiger partial charge in [0.1, 0.15) is 5.65 Å². The fourth-order valence-corrected chi connectivity index (χ4v) is 3.25. The van der Waals surface area contributed by atoms with Crippen LogP contribution in [0, 0.1) is 6.92 Å². The highest BCUT2D eigenvalue weighted by molar-refractivity contribution is 6.02. The molecule has 0 spiro atoms. The van der Waals surface area contributed by atoms with E-state index in [2.05, 4.69) is 10.6 Å². The second-order valence-corrected chi connectivity index (χ2v) is 7.25. The Labute approximate surface area is 180 Å². The Morgan fingerprint density at radius 2 is 1.61 bits per heavy atom. The van der Waals surface area contributed by atoms with E-state index in [1.165, 1.54) is 13.0 Å². The number of amides is 2. The van der Waals surface area contributed by atoms with Crippen LogP contribution in [0.4, 0.5) is 11.4 Å². The average molecular weight is 410 g/mol. The van der Waals surface area contributed by atoms with E-state index in [0.717, 1.165) is 33.7 Å². The van der Waals surface area contributed by atoms with Crippen LogP contribution in [0.25, 0.3) is 23.0 Å². The summed E-state index contributed by atoms with van der Waals surface area (Å²) in [5.74, 6) is -0.341. The lowest BCUT2D eigenvalue weighted by Gasteiger charge is -2.04. The van der Waals surface area contributed by atoms with Gasteiger partial charge < -0.3 is 15.0 Å². The molecule has 2 aromatic heterocycles. The third-order valence-corrected chi connectivity index (χ3v) is 4.78. The standard InChI is InChI=1S/C25H22N4O2/c1-17-4-3-15-29-16-23(28-25(17)29)20-8-12-22(13-9-20)27-24(31)14-7-19-5-10-21(11-6-19)26-18(2)30/h3-16H,1-2H3,(H,26,30)(H,27,31)/b14-7+. The van der Waals surface area contributed by atoms with E-state index in [4.69, 9.17) is 4.98 Å². The predicted octanol–water partition coefficient (Wildman–Crippen LogP) is 4.92. The van der Waals surface area contributed by atoms with Crippen LogP contribution in [-0.4, -0.2) is 21.2 Å². The summed E-state index contributed by atoms with van der Waals surface area (Å²) >= 11 is 0. The molecule has 6 heteroatoms. The molecule has 0 fully saturated rings. The first-order valence-corrected chi connectivity index (χ1v) is 9.89. The third-order valence-electron chi connectivity index (χ3n) is 4.78. The van der Waals surface area contributed by atoms with Crippen molar-refractivity contribution < 1.29 is 9.59 Å². The zero-order valence-electron chi connectivity index (χ0n) is 17.3. The largest absolute Gasteiger partial charge is 0.326 e. The van der Waals surface area contributed by atoms with Gasteiger partial charge in [-0.15, -0.1) is 0 Å². The van der Waals surface area contributed by atoms with Gasteiger partial charge in [0.2, 0.25) is 11.8 Å². The molecule has 2 amide bonds. The number of nitrogens with zero attached hydrogens (tertiary/aromatic N) is 2. The van der Waals surface area contributed by atoms with Crippen molar-refractivity contribution in [3.8, 4) is 11.3 Å². The van der Waals surface area contributed by atoms with E-state index >= 15 is 0 Å². The van der Waals surface area contributed by atoms with Gasteiger partial charge >= 0.3 is 0 Å². The van der Waals surface area contributed by atoms with Crippen LogP contribution in [0.3, 0.4) is 0 Å². The Morgan fingerprint density at radius 1 is 0.935 bits per heavy atom. The molecule has 154 valence electrons. The van der Waals surface area contributed by atoms with Crippen molar-refractivity contribution in [1.82, 2.24) is 9.38 Å². The van der Waals surface area contributed by atoms with E-state index < -0.39 is 0 Å². The van der Waals surface area contributed by atoms with Gasteiger partial charge in [-0.05, 0) is 54.5 Å². The SMILES string of the molecule is CC(=O)Nc1ccc(/C=C/C(=O)Nc2ccc(-c3cn4cccc(C)c4n3)cc2)cc1. The lowest BCUT2D eigenvalue weighted by molar-refractivity contribution is -0.114. The zero-order valence-corrected chi connectivity index (χ0v) is 17.3. The topological polar surface area (TPSA) is 75.5 Å². The Bertz CT molecular complexity index is 1270. The smallest absolute Gasteiger partial charge is 0.248 e. The molecular formula is C25H22N4O2. The molecule has 0 bridgehead atoms. The van der Waals surface area contributed by atoms with Crippen molar-refractivity contribution in [2.75, 3.05) is 10.6 Å². The van der Waals surface area contributed by atoms with Gasteiger partial charge in [-0.1, -0.05) is 30.3 Å². The highest BCUT2D eigenvalue weighted by Gasteiger charge is 2.06. The van der Waals surface area contributed by atoms with Crippen molar-refractivity contribution in [3.05, 3.63) is 90.3 Å². The molecule has 0 aliphatic carbocycles. The van der Waals surface area contributed by atoms with Crippen LogP contribution in [0.15, 0.2) is 79.1 Å². The number of aryl methyl sites for hydroxylation is 1. The Balaban J connectivity index is 1.40. The maximum absolute atomic E-state index is 12.2. The molecular weight excluding hydrogens is 388 g/mol. The normalized spacial score (nSPS) is 11.0. The van der Waals surface area contributed by atoms with Gasteiger partial charge in [-0.25, -0.2) is 4.98 Å². The lowest BCUT2D eigenvalue weighted by atomic mass is 10.1. The number of pyridine rings is 1. The summed E-state index contributed by atoms with van der Waals surface area (Å²) in [7, 11) is 0. The van der Waals surface area contributed by atoms with Gasteiger partial charge in [0.15, 0.2) is 0 Å². The van der Waals surface area contributed by atoms with Gasteiger partial charge in [0, 0.05) is 42.3 Å². The number of hydrogen-bond donors (Lipinski definition) is 2. The Morgan fingerprint density at radius 3 is 2.29 bits per heavy atom. The van der Waals surface area contributed by atoms with Crippen molar-refractivity contribution in [2.24, 2.45) is 0 Å². The average Bonchev–Trinajstić information content (AvgIpc) is 3.19. The van der Waals surface area contributed by atoms with Crippen LogP contribution in [0.1, 0.15) is 18.1 Å². The number of fused-ring (bicyclic) bond motifs is 1. The first-order valence-electron chi connectivity index (χ1n) is 9.89. The van der Waals surface area contributed by atoms with Crippen molar-refractivity contribution in [2.45, 2.75) is 13.8 Å². The summed E-state index contributed by atoms with van der Waals surface area (Å²) in [5, 5.41) is 5.56. The highest BCUT2D eigenvalue weighted by Crippen LogP contribution is 2.22. The van der Waals surface area contributed by atoms with Crippen LogP contribution in [-0.2, 0) is 9.59 Å². The first-order chi connectivity index (χ1) is 15.0. The van der Waals surface area contributed by atoms with E-state index in [1.807, 2.05) is 72.2 Å². The summed E-state index contributed by atoms with van der Waals surface area (Å²) in [4.78, 5) is 28.0. The number of nitrogens with one attached hydrogen (secondary N) is 2. The molecule has 4 aromatic rings. The number of imidazole rings is 1. The van der Waals surface area contributed by atoms with Crippen LogP contribution in [0.5, 0.6) is 0 Å². The molecule has 0 unspecified atom stereocenters. The summed E-state index contributed by atoms with van der Waals surface area (Å²) in [6, 6.07) is 18.9. The van der Waals surface area contributed by atoms with Gasteiger partial charge in [0.05, 0.1) is 5.69 Å². The molecule has 2 aromatic carbocycles. The molecule has 6 nitrogen and oxygen atoms in total. The van der Waals surface area contributed by atoms with Crippen LogP contribution in [0.2, 0.25) is 0 Å². The Hall–Kier alpha value is -4.19. The molecule has 31 heavy (non-hydrogen) atoms. The van der Waals surface area contributed by atoms with Crippen molar-refractivity contribution in [1.29, 1.82) is 0 Å². The van der Waals surface area contributed by atoms with E-state index in [9.17, 15) is 9.59 Å². The zero-order chi connectivity index (χ0) is 21.8. The number of carbonyl (C=O) groups excluding carboxylic acids is 2. The fourth-order valence-electron chi connectivity index (χ4n) is 3.25. The summed E-state index contributed by atoms with van der Waals surface area (Å²) in [5.41, 5.74) is 6.21. The van der Waals surface area contributed by atoms with Crippen LogP contribution < -0.4 is 10.6 Å². The number of aromatic nitrogens is 2. The lowest BCUT2D eigenvalue weighted by Crippen LogP contribution is -2.07. The van der Waals surface area contributed by atoms with Crippen LogP contribution >= 0.6 is 0 Å². The molecule has 0 atom stereocenters. The summed E-state index contributed by atoms with van der Waals surface area (Å²) < 4.78 is 2.01. The Kier molecular flexibility index (Phi) is 5.62. The minimum atomic E-state index is -0.220. The first kappa shape index (κ1) is 20.1. The maximum Gasteiger partial charge on any atom is 0.248 e. The molecule has 2 N–H and O–H groups in total. The molecule has 0 aliphatic heterocycles. The summed E-state index contributed by atoms with van der Waals surface area (Å²) in [6.45, 7) is 3.50. The monoisotopic (exact) mass is 410 g/mol. The quantitative estimate of drug-likeness (QED) is 0.459. The van der Waals surface area contributed by atoms with E-state index in [0.29, 0.717) is 5.69 Å². The minimum Gasteiger partial charge on any atom is -0.326 e. The fraction of sp³-hybridized carbons (Fsp3) is 0.0800. The van der Waals surface area contributed by atoms with Crippen molar-refractivity contribution >= 4 is 34.9 Å². The molecule has 0 saturated carbocycles. The molecule has 0 radical (unpaired) electrons. The number of anilines is 2. The third kappa shape index (κ3) is 4.87. The van der Waals surface area contributed by atoms with Gasteiger partial charge in [0.25, 0.3) is 0 Å². The van der Waals surface area contributed by atoms with Crippen molar-refractivity contribution in [3.63, 3.8) is 0 Å². The molecule has 0 aliphatic rings. The number of rotatable bonds is 5. The molecule has 0 saturated heterocycles. The minimum absolute atomic E-state index is 0.120. The number of hydrogen-bond acceptors (Lipinski definition) is 3. The molecule has 4 rings (SSSR count). The van der Waals surface area contributed by atoms with E-state index in [-0.39, 0.29) is 11.8 Å². The van der Waals surface area contributed by atoms with E-state index in [1.54, 1.807) is 18.2 Å². The second-order valence-electron chi connectivity index (χ2n) is 7.25. The van der Waals surface area contributed by atoms with Gasteiger partial charge in [-0.2, -0.15) is 0 Å². The number of benzene rings is 2. The maximum atomic E-state index is 12.2. The van der Waals surface area contributed by atoms with Gasteiger partial charge in [-0.3, -0.25) is 9.59 Å². The second kappa shape index (κ2) is 8.67. The highest BCUT2D eigenvalue weighted by atomic mass is 16.2. The predicted molar refractivity (Wildman–Crippen MR) is 124 cm³/mol. The molecule has 2 heterocycles. The number of carbonyl (C=O) groups is 2. The summed E-state index contributed by atoms with van der Waals surface area (Å²) in [6.07, 6.45) is 7.18.